The predicted molar refractivity (Wildman–Crippen MR) is 186 cm³/mol. The van der Waals surface area contributed by atoms with Gasteiger partial charge in [0.1, 0.15) is 11.4 Å². The smallest absolute Gasteiger partial charge is 0.317 e. The minimum Gasteiger partial charge on any atom is -0.490 e. The summed E-state index contributed by atoms with van der Waals surface area (Å²) in [6, 6.07) is 11.7. The first-order valence-corrected chi connectivity index (χ1v) is 17.4. The number of halogens is 1. The van der Waals surface area contributed by atoms with Gasteiger partial charge in [-0.1, -0.05) is 50.1 Å². The molecule has 1 spiro atoms. The van der Waals surface area contributed by atoms with Gasteiger partial charge in [0.25, 0.3) is 0 Å². The number of nitrogens with zero attached hydrogens (tertiary/aromatic N) is 2. The van der Waals surface area contributed by atoms with E-state index < -0.39 is 11.5 Å². The maximum atomic E-state index is 12.4. The monoisotopic (exact) mass is 666 g/mol. The summed E-state index contributed by atoms with van der Waals surface area (Å²) in [4.78, 5) is 28.6. The van der Waals surface area contributed by atoms with Crippen LogP contribution in [0.4, 0.5) is 10.5 Å². The van der Waals surface area contributed by atoms with Gasteiger partial charge in [-0.25, -0.2) is 4.79 Å². The largest absolute Gasteiger partial charge is 0.490 e. The summed E-state index contributed by atoms with van der Waals surface area (Å²) in [7, 11) is 1.55. The van der Waals surface area contributed by atoms with Crippen LogP contribution in [0.25, 0.3) is 0 Å². The van der Waals surface area contributed by atoms with Crippen LogP contribution in [0.3, 0.4) is 0 Å². The van der Waals surface area contributed by atoms with Crippen molar-refractivity contribution in [3.63, 3.8) is 0 Å². The molecule has 2 aliphatic heterocycles. The lowest BCUT2D eigenvalue weighted by Crippen LogP contribution is -2.67. The fourth-order valence-corrected chi connectivity index (χ4v) is 7.60. The van der Waals surface area contributed by atoms with Crippen LogP contribution in [0.1, 0.15) is 73.9 Å². The maximum absolute atomic E-state index is 12.4. The number of allylic oxidation sites excluding steroid dienone is 2. The van der Waals surface area contributed by atoms with Crippen LogP contribution in [0.15, 0.2) is 48.6 Å². The van der Waals surface area contributed by atoms with Crippen molar-refractivity contribution in [1.82, 2.24) is 10.2 Å². The molecule has 0 radical (unpaired) electrons. The number of carbonyl (C=O) groups excluding carboxylic acids is 2. The molecule has 0 bridgehead atoms. The van der Waals surface area contributed by atoms with Crippen molar-refractivity contribution in [1.29, 1.82) is 0 Å². The number of hydrogen-bond donors (Lipinski definition) is 3. The summed E-state index contributed by atoms with van der Waals surface area (Å²) in [6.07, 6.45) is 11.5. The van der Waals surface area contributed by atoms with Crippen molar-refractivity contribution in [2.45, 2.75) is 69.8 Å². The molecule has 2 aromatic rings. The third-order valence-electron chi connectivity index (χ3n) is 10.1. The molecule has 4 N–H and O–H groups in total. The van der Waals surface area contributed by atoms with Crippen LogP contribution in [-0.4, -0.2) is 80.6 Å². The van der Waals surface area contributed by atoms with E-state index in [1.165, 1.54) is 11.1 Å². The summed E-state index contributed by atoms with van der Waals surface area (Å²) in [5, 5.41) is 14.0. The number of nitrogens with two attached hydrogens (primary N) is 1. The minimum atomic E-state index is -0.925. The van der Waals surface area contributed by atoms with Gasteiger partial charge in [-0.05, 0) is 91.8 Å². The maximum Gasteiger partial charge on any atom is 0.317 e. The zero-order valence-electron chi connectivity index (χ0n) is 28.1. The average Bonchev–Trinajstić information content (AvgIpc) is 3.18. The predicted octanol–water partition coefficient (Wildman–Crippen LogP) is 5.70. The molecule has 0 unspecified atom stereocenters. The SMILES string of the molecule is CC[C@H](CC/C=C/C[C@H](C)CNC(=O)N1CC(O)(COC)C1)CN1C[C@@]2(CCCc3cc(Cl)ccc32)COc2ccc(C(N)=O)cc21. The van der Waals surface area contributed by atoms with Gasteiger partial charge in [0.2, 0.25) is 5.91 Å². The normalized spacial score (nSPS) is 21.3. The number of hydrogen-bond acceptors (Lipinski definition) is 6. The Morgan fingerprint density at radius 3 is 2.74 bits per heavy atom. The van der Waals surface area contributed by atoms with E-state index in [2.05, 4.69) is 48.3 Å². The number of likely N-dealkylation sites (tertiary alicyclic amines) is 1. The molecule has 0 saturated carbocycles. The Hall–Kier alpha value is -3.27. The highest BCUT2D eigenvalue weighted by atomic mass is 35.5. The molecule has 3 amide bonds. The Labute approximate surface area is 284 Å². The zero-order valence-corrected chi connectivity index (χ0v) is 28.9. The Morgan fingerprint density at radius 2 is 2.00 bits per heavy atom. The van der Waals surface area contributed by atoms with Crippen LogP contribution in [-0.2, 0) is 16.6 Å². The van der Waals surface area contributed by atoms with Crippen molar-refractivity contribution in [2.24, 2.45) is 17.6 Å². The van der Waals surface area contributed by atoms with Gasteiger partial charge < -0.3 is 35.4 Å². The van der Waals surface area contributed by atoms with Gasteiger partial charge in [-0.15, -0.1) is 0 Å². The van der Waals surface area contributed by atoms with Crippen molar-refractivity contribution < 1.29 is 24.2 Å². The van der Waals surface area contributed by atoms with Crippen LogP contribution in [0.2, 0.25) is 5.02 Å². The number of fused-ring (bicyclic) bond motifs is 3. The number of aryl methyl sites for hydroxylation is 1. The molecule has 1 fully saturated rings. The van der Waals surface area contributed by atoms with E-state index in [1.807, 2.05) is 18.2 Å². The summed E-state index contributed by atoms with van der Waals surface area (Å²) >= 11 is 6.40. The van der Waals surface area contributed by atoms with Crippen LogP contribution >= 0.6 is 11.6 Å². The fourth-order valence-electron chi connectivity index (χ4n) is 7.41. The summed E-state index contributed by atoms with van der Waals surface area (Å²) < 4.78 is 11.6. The molecule has 2 aromatic carbocycles. The van der Waals surface area contributed by atoms with Crippen molar-refractivity contribution in [3.8, 4) is 5.75 Å². The molecule has 3 atom stereocenters. The van der Waals surface area contributed by atoms with E-state index in [9.17, 15) is 14.7 Å². The molecule has 9 nitrogen and oxygen atoms in total. The highest BCUT2D eigenvalue weighted by Crippen LogP contribution is 2.45. The fraction of sp³-hybridized carbons (Fsp3) is 0.568. The number of anilines is 1. The van der Waals surface area contributed by atoms with E-state index in [0.29, 0.717) is 43.6 Å². The van der Waals surface area contributed by atoms with Gasteiger partial charge >= 0.3 is 6.03 Å². The van der Waals surface area contributed by atoms with Gasteiger partial charge in [0, 0.05) is 42.7 Å². The molecule has 10 heteroatoms. The zero-order chi connectivity index (χ0) is 33.6. The molecule has 1 saturated heterocycles. The standard InChI is InChI=1S/C37H51ClN4O5/c1-4-27(10-7-5-6-9-26(2)19-40-35(44)42-22-37(45,23-42)25-46-3)20-41-21-36(16-8-11-28-17-30(38)13-14-31(28)36)24-47-33-15-12-29(34(39)43)18-32(33)41/h5-6,12-15,17-18,26-27,45H,4,7-11,16,19-25H2,1-3H3,(H2,39,43)(H,40,44)/b6-5+/t26-,27+,36-/m0/s1. The number of benzene rings is 2. The Kier molecular flexibility index (Phi) is 11.4. The number of rotatable bonds is 13. The first-order valence-electron chi connectivity index (χ1n) is 17.0. The first kappa shape index (κ1) is 35.0. The molecular formula is C37H51ClN4O5. The summed E-state index contributed by atoms with van der Waals surface area (Å²) in [5.41, 5.74) is 8.66. The Morgan fingerprint density at radius 1 is 1.19 bits per heavy atom. The molecule has 1 aliphatic carbocycles. The second-order valence-electron chi connectivity index (χ2n) is 14.0. The Bertz CT molecular complexity index is 1440. The number of ether oxygens (including phenoxy) is 2. The highest BCUT2D eigenvalue weighted by Gasteiger charge is 2.44. The van der Waals surface area contributed by atoms with Crippen LogP contribution < -0.4 is 20.7 Å². The van der Waals surface area contributed by atoms with Gasteiger partial charge in [-0.3, -0.25) is 4.79 Å². The second-order valence-corrected chi connectivity index (χ2v) is 14.5. The molecule has 3 aliphatic rings. The Balaban J connectivity index is 1.19. The van der Waals surface area contributed by atoms with Crippen molar-refractivity contribution in [3.05, 3.63) is 70.3 Å². The molecule has 256 valence electrons. The van der Waals surface area contributed by atoms with Crippen LogP contribution in [0.5, 0.6) is 5.75 Å². The molecule has 47 heavy (non-hydrogen) atoms. The minimum absolute atomic E-state index is 0.141. The third kappa shape index (κ3) is 8.42. The third-order valence-corrected chi connectivity index (χ3v) is 10.3. The van der Waals surface area contributed by atoms with E-state index in [4.69, 9.17) is 26.8 Å². The number of urea groups is 1. The number of primary amides is 1. The topological polar surface area (TPSA) is 117 Å². The van der Waals surface area contributed by atoms with Crippen molar-refractivity contribution in [2.75, 3.05) is 57.9 Å². The average molecular weight is 667 g/mol. The lowest BCUT2D eigenvalue weighted by Gasteiger charge is -2.45. The lowest BCUT2D eigenvalue weighted by atomic mass is 9.70. The van der Waals surface area contributed by atoms with E-state index in [0.717, 1.165) is 74.5 Å². The van der Waals surface area contributed by atoms with Crippen LogP contribution in [0, 0.1) is 11.8 Å². The summed E-state index contributed by atoms with van der Waals surface area (Å²) in [6.45, 7) is 8.02. The quantitative estimate of drug-likeness (QED) is 0.236. The molecule has 2 heterocycles. The van der Waals surface area contributed by atoms with E-state index in [-0.39, 0.29) is 18.1 Å². The van der Waals surface area contributed by atoms with Crippen molar-refractivity contribution >= 4 is 29.2 Å². The first-order chi connectivity index (χ1) is 22.5. The number of aliphatic hydroxyl groups is 1. The molecule has 0 aromatic heterocycles. The van der Waals surface area contributed by atoms with Gasteiger partial charge in [0.05, 0.1) is 32.0 Å². The van der Waals surface area contributed by atoms with Gasteiger partial charge in [-0.2, -0.15) is 0 Å². The molecule has 5 rings (SSSR count). The lowest BCUT2D eigenvalue weighted by molar-refractivity contribution is -0.115. The van der Waals surface area contributed by atoms with Gasteiger partial charge in [0.15, 0.2) is 0 Å². The van der Waals surface area contributed by atoms with E-state index >= 15 is 0 Å². The number of carbonyl (C=O) groups is 2. The number of amides is 3. The molecular weight excluding hydrogens is 616 g/mol. The number of nitrogens with one attached hydrogen (secondary N) is 1. The second kappa shape index (κ2) is 15.3. The number of methoxy groups -OCH3 is 1. The summed E-state index contributed by atoms with van der Waals surface area (Å²) in [5.74, 6) is 1.10. The highest BCUT2D eigenvalue weighted by molar-refractivity contribution is 6.30. The van der Waals surface area contributed by atoms with E-state index in [1.54, 1.807) is 18.1 Å². The number of β-amino-alcohol motifs (C(OH)–C–C–N with tert-alkyl or cyclic N) is 1.